The maximum absolute atomic E-state index is 13.3. The van der Waals surface area contributed by atoms with Crippen molar-refractivity contribution in [3.05, 3.63) is 93.6 Å². The highest BCUT2D eigenvalue weighted by molar-refractivity contribution is 6.32. The zero-order valence-electron chi connectivity index (χ0n) is 17.0. The number of hydrogen-bond acceptors (Lipinski definition) is 4. The summed E-state index contributed by atoms with van der Waals surface area (Å²) < 4.78 is 12.0. The van der Waals surface area contributed by atoms with E-state index in [-0.39, 0.29) is 22.8 Å². The van der Waals surface area contributed by atoms with Crippen LogP contribution < -0.4 is 15.5 Å². The molecule has 4 rings (SSSR count). The maximum Gasteiger partial charge on any atom is 0.265 e. The highest BCUT2D eigenvalue weighted by Gasteiger charge is 2.23. The first-order chi connectivity index (χ1) is 14.9. The number of anilines is 1. The van der Waals surface area contributed by atoms with Crippen molar-refractivity contribution in [3.8, 4) is 17.1 Å². The van der Waals surface area contributed by atoms with Crippen molar-refractivity contribution >= 4 is 34.2 Å². The van der Waals surface area contributed by atoms with E-state index in [4.69, 9.17) is 20.8 Å². The van der Waals surface area contributed by atoms with Crippen LogP contribution in [0.5, 0.6) is 5.75 Å². The van der Waals surface area contributed by atoms with Crippen LogP contribution in [0.1, 0.15) is 12.5 Å². The molecule has 0 aliphatic rings. The van der Waals surface area contributed by atoms with Crippen LogP contribution in [0.25, 0.3) is 22.3 Å². The zero-order valence-corrected chi connectivity index (χ0v) is 17.8. The number of ether oxygens (including phenoxy) is 1. The molecule has 1 atom stereocenters. The zero-order chi connectivity index (χ0) is 22.0. The van der Waals surface area contributed by atoms with Crippen LogP contribution in [-0.4, -0.2) is 12.0 Å². The van der Waals surface area contributed by atoms with Gasteiger partial charge in [0.05, 0.1) is 5.39 Å². The van der Waals surface area contributed by atoms with E-state index < -0.39 is 6.10 Å². The number of hydrogen-bond donors (Lipinski definition) is 1. The first-order valence-corrected chi connectivity index (χ1v) is 10.2. The lowest BCUT2D eigenvalue weighted by atomic mass is 10.1. The minimum absolute atomic E-state index is 0.0330. The van der Waals surface area contributed by atoms with E-state index in [9.17, 15) is 9.59 Å². The fraction of sp³-hybridized carbons (Fsp3) is 0.120. The average molecular weight is 434 g/mol. The molecule has 1 amide bonds. The second kappa shape index (κ2) is 8.66. The van der Waals surface area contributed by atoms with Crippen molar-refractivity contribution in [3.63, 3.8) is 0 Å². The lowest BCUT2D eigenvalue weighted by molar-refractivity contribution is -0.122. The van der Waals surface area contributed by atoms with E-state index in [1.165, 1.54) is 0 Å². The van der Waals surface area contributed by atoms with Gasteiger partial charge in [-0.2, -0.15) is 0 Å². The molecular formula is C25H20ClNO4. The van der Waals surface area contributed by atoms with Gasteiger partial charge in [-0.15, -0.1) is 0 Å². The summed E-state index contributed by atoms with van der Waals surface area (Å²) in [5.74, 6) is -0.153. The lowest BCUT2D eigenvalue weighted by Crippen LogP contribution is -2.31. The Morgan fingerprint density at radius 1 is 1.03 bits per heavy atom. The Kier molecular flexibility index (Phi) is 5.78. The van der Waals surface area contributed by atoms with Gasteiger partial charge in [0.15, 0.2) is 11.9 Å². The number of amides is 1. The number of halogens is 1. The number of benzene rings is 3. The van der Waals surface area contributed by atoms with Gasteiger partial charge in [0.25, 0.3) is 5.91 Å². The fourth-order valence-corrected chi connectivity index (χ4v) is 3.34. The number of nitrogens with one attached hydrogen (secondary N) is 1. The molecule has 0 aliphatic carbocycles. The van der Waals surface area contributed by atoms with E-state index in [0.29, 0.717) is 27.2 Å². The largest absolute Gasteiger partial charge is 0.473 e. The third kappa shape index (κ3) is 4.32. The molecule has 0 bridgehead atoms. The smallest absolute Gasteiger partial charge is 0.265 e. The summed E-state index contributed by atoms with van der Waals surface area (Å²) in [4.78, 5) is 26.0. The first kappa shape index (κ1) is 20.7. The summed E-state index contributed by atoms with van der Waals surface area (Å²) in [6.07, 6.45) is -0.941. The molecule has 1 heterocycles. The highest BCUT2D eigenvalue weighted by atomic mass is 35.5. The molecule has 31 heavy (non-hydrogen) atoms. The molecule has 1 aromatic heterocycles. The summed E-state index contributed by atoms with van der Waals surface area (Å²) >= 11 is 6.23. The van der Waals surface area contributed by atoms with Crippen LogP contribution in [0.3, 0.4) is 0 Å². The van der Waals surface area contributed by atoms with Crippen LogP contribution in [-0.2, 0) is 4.79 Å². The molecule has 0 saturated carbocycles. The van der Waals surface area contributed by atoms with E-state index in [1.54, 1.807) is 31.2 Å². The number of rotatable bonds is 5. The van der Waals surface area contributed by atoms with Gasteiger partial charge in [-0.05, 0) is 43.7 Å². The van der Waals surface area contributed by atoms with Crippen LogP contribution in [0.4, 0.5) is 5.69 Å². The van der Waals surface area contributed by atoms with E-state index in [2.05, 4.69) is 5.32 Å². The summed E-state index contributed by atoms with van der Waals surface area (Å²) in [5, 5.41) is 3.52. The van der Waals surface area contributed by atoms with Crippen LogP contribution >= 0.6 is 11.6 Å². The third-order valence-electron chi connectivity index (χ3n) is 4.87. The van der Waals surface area contributed by atoms with Crippen LogP contribution in [0, 0.1) is 6.92 Å². The van der Waals surface area contributed by atoms with Gasteiger partial charge < -0.3 is 14.5 Å². The Bertz CT molecular complexity index is 1300. The quantitative estimate of drug-likeness (QED) is 0.430. The van der Waals surface area contributed by atoms with E-state index in [0.717, 1.165) is 5.56 Å². The minimum Gasteiger partial charge on any atom is -0.473 e. The fourth-order valence-electron chi connectivity index (χ4n) is 3.18. The van der Waals surface area contributed by atoms with Crippen molar-refractivity contribution in [2.24, 2.45) is 0 Å². The highest BCUT2D eigenvalue weighted by Crippen LogP contribution is 2.33. The van der Waals surface area contributed by atoms with Gasteiger partial charge >= 0.3 is 0 Å². The molecular weight excluding hydrogens is 414 g/mol. The Morgan fingerprint density at radius 3 is 2.35 bits per heavy atom. The molecule has 0 aliphatic heterocycles. The number of fused-ring (bicyclic) bond motifs is 1. The summed E-state index contributed by atoms with van der Waals surface area (Å²) in [6, 6.07) is 21.5. The van der Waals surface area contributed by atoms with Crippen molar-refractivity contribution in [2.45, 2.75) is 20.0 Å². The maximum atomic E-state index is 13.3. The lowest BCUT2D eigenvalue weighted by Gasteiger charge is -2.17. The molecule has 5 nitrogen and oxygen atoms in total. The molecule has 1 unspecified atom stereocenters. The van der Waals surface area contributed by atoms with Gasteiger partial charge in [-0.25, -0.2) is 0 Å². The van der Waals surface area contributed by atoms with Crippen molar-refractivity contribution in [1.29, 1.82) is 0 Å². The SMILES string of the molecule is Cc1cc2oc(-c3ccccc3)c(OC(C)C(=O)Nc3ccccc3)c(=O)c2cc1Cl. The van der Waals surface area contributed by atoms with Crippen molar-refractivity contribution in [2.75, 3.05) is 5.32 Å². The standard InChI is InChI=1S/C25H20ClNO4/c1-15-13-21-19(14-20(15)26)22(28)24(23(31-21)17-9-5-3-6-10-17)30-16(2)25(29)27-18-11-7-4-8-12-18/h3-14,16H,1-2H3,(H,27,29). The Balaban J connectivity index is 1.78. The monoisotopic (exact) mass is 433 g/mol. The summed E-state index contributed by atoms with van der Waals surface area (Å²) in [7, 11) is 0. The molecule has 0 saturated heterocycles. The molecule has 0 fully saturated rings. The van der Waals surface area contributed by atoms with Gasteiger partial charge in [-0.3, -0.25) is 9.59 Å². The van der Waals surface area contributed by atoms with Gasteiger partial charge in [0.1, 0.15) is 5.58 Å². The van der Waals surface area contributed by atoms with Crippen LogP contribution in [0.15, 0.2) is 82.0 Å². The third-order valence-corrected chi connectivity index (χ3v) is 5.28. The molecule has 1 N–H and O–H groups in total. The first-order valence-electron chi connectivity index (χ1n) is 9.79. The Morgan fingerprint density at radius 2 is 1.68 bits per heavy atom. The second-order valence-corrected chi connectivity index (χ2v) is 7.58. The van der Waals surface area contributed by atoms with Gasteiger partial charge in [0.2, 0.25) is 11.2 Å². The van der Waals surface area contributed by atoms with E-state index in [1.807, 2.05) is 55.5 Å². The van der Waals surface area contributed by atoms with Gasteiger partial charge in [-0.1, -0.05) is 60.1 Å². The molecule has 0 spiro atoms. The Labute approximate surface area is 184 Å². The van der Waals surface area contributed by atoms with Crippen molar-refractivity contribution < 1.29 is 13.9 Å². The van der Waals surface area contributed by atoms with E-state index >= 15 is 0 Å². The number of carbonyl (C=O) groups is 1. The number of para-hydroxylation sites is 1. The second-order valence-electron chi connectivity index (χ2n) is 7.17. The van der Waals surface area contributed by atoms with Crippen LogP contribution in [0.2, 0.25) is 5.02 Å². The summed E-state index contributed by atoms with van der Waals surface area (Å²) in [5.41, 5.74) is 2.11. The van der Waals surface area contributed by atoms with Gasteiger partial charge in [0, 0.05) is 16.3 Å². The molecule has 0 radical (unpaired) electrons. The predicted octanol–water partition coefficient (Wildman–Crippen LogP) is 5.83. The predicted molar refractivity (Wildman–Crippen MR) is 123 cm³/mol. The molecule has 3 aromatic carbocycles. The minimum atomic E-state index is -0.941. The average Bonchev–Trinajstić information content (AvgIpc) is 2.78. The number of aryl methyl sites for hydroxylation is 1. The Hall–Kier alpha value is -3.57. The number of carbonyl (C=O) groups excluding carboxylic acids is 1. The van der Waals surface area contributed by atoms with Crippen molar-refractivity contribution in [1.82, 2.24) is 0 Å². The normalized spacial score (nSPS) is 11.8. The molecule has 156 valence electrons. The topological polar surface area (TPSA) is 68.5 Å². The molecule has 4 aromatic rings. The summed E-state index contributed by atoms with van der Waals surface area (Å²) in [6.45, 7) is 3.42. The molecule has 6 heteroatoms.